The van der Waals surface area contributed by atoms with E-state index in [1.165, 1.54) is 16.3 Å². The molecule has 0 N–H and O–H groups in total. The Kier molecular flexibility index (Phi) is 4.84. The number of likely N-dealkylation sites (tertiary alicyclic amines) is 2. The zero-order valence-corrected chi connectivity index (χ0v) is 16.5. The number of nitrogens with zero attached hydrogens (tertiary/aromatic N) is 3. The molecule has 1 atom stereocenters. The summed E-state index contributed by atoms with van der Waals surface area (Å²) in [5, 5.41) is 3.42. The van der Waals surface area contributed by atoms with Crippen LogP contribution < -0.4 is 0 Å². The molecule has 4 nitrogen and oxygen atoms in total. The molecule has 5 heteroatoms. The number of thiazole rings is 1. The lowest BCUT2D eigenvalue weighted by atomic mass is 9.81. The molecule has 0 saturated carbocycles. The Bertz CT molecular complexity index is 765. The summed E-state index contributed by atoms with van der Waals surface area (Å²) in [6.45, 7) is 5.17. The number of aromatic nitrogens is 1. The van der Waals surface area contributed by atoms with Crippen LogP contribution in [0, 0.1) is 0 Å². The van der Waals surface area contributed by atoms with Gasteiger partial charge >= 0.3 is 0 Å². The molecule has 3 heterocycles. The SMILES string of the molecule is CCc1nc(CN2CCC3(CC2)CC(c2ccccc2)C(=O)N3C)cs1. The number of carbonyl (C=O) groups is 1. The topological polar surface area (TPSA) is 36.4 Å². The van der Waals surface area contributed by atoms with Crippen LogP contribution in [0.25, 0.3) is 0 Å². The fourth-order valence-electron chi connectivity index (χ4n) is 4.50. The number of carbonyl (C=O) groups excluding carboxylic acids is 1. The summed E-state index contributed by atoms with van der Waals surface area (Å²) in [6.07, 6.45) is 4.09. The van der Waals surface area contributed by atoms with Crippen molar-refractivity contribution in [3.63, 3.8) is 0 Å². The van der Waals surface area contributed by atoms with E-state index in [9.17, 15) is 4.79 Å². The van der Waals surface area contributed by atoms with Gasteiger partial charge in [-0.3, -0.25) is 9.69 Å². The number of aryl methyl sites for hydroxylation is 1. The van der Waals surface area contributed by atoms with E-state index < -0.39 is 0 Å². The summed E-state index contributed by atoms with van der Waals surface area (Å²) in [4.78, 5) is 22.1. The first-order valence-corrected chi connectivity index (χ1v) is 10.5. The molecule has 0 aliphatic carbocycles. The van der Waals surface area contributed by atoms with Gasteiger partial charge in [0, 0.05) is 37.6 Å². The number of likely N-dealkylation sites (N-methyl/N-ethyl adjacent to an activating group) is 1. The van der Waals surface area contributed by atoms with E-state index >= 15 is 0 Å². The van der Waals surface area contributed by atoms with E-state index in [2.05, 4.69) is 34.2 Å². The summed E-state index contributed by atoms with van der Waals surface area (Å²) < 4.78 is 0. The van der Waals surface area contributed by atoms with Crippen LogP contribution in [0.15, 0.2) is 35.7 Å². The molecule has 4 rings (SSSR count). The number of hydrogen-bond donors (Lipinski definition) is 0. The van der Waals surface area contributed by atoms with Crippen LogP contribution >= 0.6 is 11.3 Å². The van der Waals surface area contributed by atoms with Gasteiger partial charge in [0.2, 0.25) is 5.91 Å². The van der Waals surface area contributed by atoms with Gasteiger partial charge in [0.15, 0.2) is 0 Å². The maximum absolute atomic E-state index is 12.9. The van der Waals surface area contributed by atoms with Gasteiger partial charge in [-0.2, -0.15) is 0 Å². The molecule has 138 valence electrons. The smallest absolute Gasteiger partial charge is 0.230 e. The van der Waals surface area contributed by atoms with E-state index in [0.29, 0.717) is 0 Å². The van der Waals surface area contributed by atoms with Crippen molar-refractivity contribution in [1.29, 1.82) is 0 Å². The maximum atomic E-state index is 12.9. The number of hydrogen-bond acceptors (Lipinski definition) is 4. The maximum Gasteiger partial charge on any atom is 0.230 e. The van der Waals surface area contributed by atoms with Crippen LogP contribution in [0.3, 0.4) is 0 Å². The van der Waals surface area contributed by atoms with Crippen LogP contribution in [-0.4, -0.2) is 46.4 Å². The monoisotopic (exact) mass is 369 g/mol. The molecule has 1 unspecified atom stereocenters. The Labute approximate surface area is 159 Å². The van der Waals surface area contributed by atoms with E-state index in [-0.39, 0.29) is 17.4 Å². The summed E-state index contributed by atoms with van der Waals surface area (Å²) in [5.41, 5.74) is 2.39. The second-order valence-corrected chi connectivity index (χ2v) is 8.59. The summed E-state index contributed by atoms with van der Waals surface area (Å²) in [7, 11) is 2.01. The zero-order chi connectivity index (χ0) is 18.1. The zero-order valence-electron chi connectivity index (χ0n) is 15.6. The second kappa shape index (κ2) is 7.12. The predicted octanol–water partition coefficient (Wildman–Crippen LogP) is 3.69. The average Bonchev–Trinajstić information content (AvgIpc) is 3.23. The molecule has 26 heavy (non-hydrogen) atoms. The molecule has 0 radical (unpaired) electrons. The van der Waals surface area contributed by atoms with Gasteiger partial charge in [-0.05, 0) is 31.2 Å². The lowest BCUT2D eigenvalue weighted by molar-refractivity contribution is -0.131. The van der Waals surface area contributed by atoms with Gasteiger partial charge in [0.05, 0.1) is 16.6 Å². The molecule has 2 aliphatic heterocycles. The van der Waals surface area contributed by atoms with Crippen LogP contribution in [0.4, 0.5) is 0 Å². The molecule has 2 fully saturated rings. The highest BCUT2D eigenvalue weighted by Gasteiger charge is 2.50. The highest BCUT2D eigenvalue weighted by atomic mass is 32.1. The summed E-state index contributed by atoms with van der Waals surface area (Å²) in [6, 6.07) is 10.3. The van der Waals surface area contributed by atoms with Gasteiger partial charge < -0.3 is 4.90 Å². The first kappa shape index (κ1) is 17.7. The highest BCUT2D eigenvalue weighted by Crippen LogP contribution is 2.44. The van der Waals surface area contributed by atoms with Crippen molar-refractivity contribution in [2.75, 3.05) is 20.1 Å². The Balaban J connectivity index is 1.42. The Hall–Kier alpha value is -1.72. The molecule has 1 aromatic carbocycles. The molecule has 0 bridgehead atoms. The summed E-state index contributed by atoms with van der Waals surface area (Å²) >= 11 is 1.76. The Morgan fingerprint density at radius 3 is 2.62 bits per heavy atom. The van der Waals surface area contributed by atoms with E-state index in [0.717, 1.165) is 45.3 Å². The van der Waals surface area contributed by atoms with Gasteiger partial charge in [-0.25, -0.2) is 4.98 Å². The van der Waals surface area contributed by atoms with Gasteiger partial charge in [-0.15, -0.1) is 11.3 Å². The molecule has 2 aromatic rings. The van der Waals surface area contributed by atoms with Crippen molar-refractivity contribution in [2.45, 2.75) is 50.6 Å². The van der Waals surface area contributed by atoms with Crippen molar-refractivity contribution >= 4 is 17.2 Å². The first-order valence-electron chi connectivity index (χ1n) is 9.59. The second-order valence-electron chi connectivity index (χ2n) is 7.65. The van der Waals surface area contributed by atoms with Crippen molar-refractivity contribution in [3.8, 4) is 0 Å². The molecule has 1 amide bonds. The van der Waals surface area contributed by atoms with Crippen LogP contribution in [0.5, 0.6) is 0 Å². The largest absolute Gasteiger partial charge is 0.339 e. The molecular formula is C21H27N3OS. The minimum atomic E-state index is 0.0263. The molecule has 2 aliphatic rings. The highest BCUT2D eigenvalue weighted by molar-refractivity contribution is 7.09. The molecule has 2 saturated heterocycles. The van der Waals surface area contributed by atoms with Crippen molar-refractivity contribution in [1.82, 2.24) is 14.8 Å². The summed E-state index contributed by atoms with van der Waals surface area (Å²) in [5.74, 6) is 0.315. The minimum Gasteiger partial charge on any atom is -0.339 e. The third-order valence-electron chi connectivity index (χ3n) is 6.20. The standard InChI is InChI=1S/C21H27N3OS/c1-3-19-22-17(15-26-19)14-24-11-9-21(10-12-24)13-18(20(25)23(21)2)16-7-5-4-6-8-16/h4-8,15,18H,3,9-14H2,1-2H3. The molecule has 1 aromatic heterocycles. The Morgan fingerprint density at radius 1 is 1.23 bits per heavy atom. The van der Waals surface area contributed by atoms with Crippen LogP contribution in [0.1, 0.15) is 48.4 Å². The van der Waals surface area contributed by atoms with E-state index in [1.54, 1.807) is 11.3 Å². The average molecular weight is 370 g/mol. The van der Waals surface area contributed by atoms with Crippen LogP contribution in [0.2, 0.25) is 0 Å². The normalized spacial score (nSPS) is 23.1. The van der Waals surface area contributed by atoms with Gasteiger partial charge in [0.1, 0.15) is 0 Å². The fraction of sp³-hybridized carbons (Fsp3) is 0.524. The fourth-order valence-corrected chi connectivity index (χ4v) is 5.23. The number of piperidine rings is 1. The first-order chi connectivity index (χ1) is 12.6. The number of amides is 1. The quantitative estimate of drug-likeness (QED) is 0.825. The molecule has 1 spiro atoms. The predicted molar refractivity (Wildman–Crippen MR) is 105 cm³/mol. The van der Waals surface area contributed by atoms with Gasteiger partial charge in [0.25, 0.3) is 0 Å². The number of benzene rings is 1. The Morgan fingerprint density at radius 2 is 1.96 bits per heavy atom. The minimum absolute atomic E-state index is 0.0263. The third kappa shape index (κ3) is 3.19. The van der Waals surface area contributed by atoms with Gasteiger partial charge in [-0.1, -0.05) is 37.3 Å². The van der Waals surface area contributed by atoms with Crippen molar-refractivity contribution < 1.29 is 4.79 Å². The van der Waals surface area contributed by atoms with E-state index in [4.69, 9.17) is 4.98 Å². The van der Waals surface area contributed by atoms with Crippen molar-refractivity contribution in [3.05, 3.63) is 52.0 Å². The van der Waals surface area contributed by atoms with Crippen molar-refractivity contribution in [2.24, 2.45) is 0 Å². The lowest BCUT2D eigenvalue weighted by Gasteiger charge is -2.43. The number of rotatable bonds is 4. The lowest BCUT2D eigenvalue weighted by Crippen LogP contribution is -2.51. The third-order valence-corrected chi connectivity index (χ3v) is 7.24. The molecular weight excluding hydrogens is 342 g/mol. The van der Waals surface area contributed by atoms with Crippen LogP contribution in [-0.2, 0) is 17.8 Å². The van der Waals surface area contributed by atoms with E-state index in [1.807, 2.05) is 25.2 Å².